The number of nitrogens with zero attached hydrogens (tertiary/aromatic N) is 2. The van der Waals surface area contributed by atoms with Crippen LogP contribution in [-0.4, -0.2) is 23.1 Å². The normalized spacial score (nSPS) is 11.0. The monoisotopic (exact) mass is 408 g/mol. The van der Waals surface area contributed by atoms with Crippen molar-refractivity contribution < 1.29 is 18.9 Å². The van der Waals surface area contributed by atoms with Crippen LogP contribution in [0, 0.1) is 13.8 Å². The SMILES string of the molecule is CCOC(=O)c1ccc2c(c1)n(CC(=O)Nc1c(C)cccc1CC)c(C)[n+]2CC. The Kier molecular flexibility index (Phi) is 6.55. The lowest BCUT2D eigenvalue weighted by atomic mass is 10.1. The second-order valence-corrected chi connectivity index (χ2v) is 7.31. The van der Waals surface area contributed by atoms with Crippen molar-refractivity contribution in [2.45, 2.75) is 54.1 Å². The van der Waals surface area contributed by atoms with E-state index in [2.05, 4.69) is 23.7 Å². The van der Waals surface area contributed by atoms with E-state index >= 15 is 0 Å². The number of ether oxygens (including phenoxy) is 1. The van der Waals surface area contributed by atoms with E-state index in [1.165, 1.54) is 0 Å². The summed E-state index contributed by atoms with van der Waals surface area (Å²) in [5, 5.41) is 3.09. The molecule has 3 aromatic rings. The number of esters is 1. The van der Waals surface area contributed by atoms with Crippen molar-refractivity contribution in [1.29, 1.82) is 0 Å². The number of aromatic nitrogens is 2. The molecular weight excluding hydrogens is 378 g/mol. The molecule has 0 unspecified atom stereocenters. The zero-order valence-corrected chi connectivity index (χ0v) is 18.4. The van der Waals surface area contributed by atoms with Gasteiger partial charge in [-0.1, -0.05) is 25.1 Å². The second kappa shape index (κ2) is 9.11. The van der Waals surface area contributed by atoms with Gasteiger partial charge in [-0.2, -0.15) is 0 Å². The summed E-state index contributed by atoms with van der Waals surface area (Å²) in [6.07, 6.45) is 0.849. The van der Waals surface area contributed by atoms with Gasteiger partial charge in [0.25, 0.3) is 11.7 Å². The Morgan fingerprint density at radius 3 is 2.53 bits per heavy atom. The second-order valence-electron chi connectivity index (χ2n) is 7.31. The van der Waals surface area contributed by atoms with Crippen molar-refractivity contribution in [3.8, 4) is 0 Å². The highest BCUT2D eigenvalue weighted by Crippen LogP contribution is 2.22. The molecule has 1 aromatic heterocycles. The van der Waals surface area contributed by atoms with E-state index in [1.54, 1.807) is 13.0 Å². The van der Waals surface area contributed by atoms with E-state index in [4.69, 9.17) is 4.74 Å². The van der Waals surface area contributed by atoms with Crippen LogP contribution in [0.4, 0.5) is 5.69 Å². The maximum absolute atomic E-state index is 13.0. The van der Waals surface area contributed by atoms with E-state index in [9.17, 15) is 9.59 Å². The number of hydrogen-bond donors (Lipinski definition) is 1. The van der Waals surface area contributed by atoms with Crippen LogP contribution < -0.4 is 9.88 Å². The van der Waals surface area contributed by atoms with Crippen LogP contribution in [0.3, 0.4) is 0 Å². The Morgan fingerprint density at radius 2 is 1.87 bits per heavy atom. The van der Waals surface area contributed by atoms with Crippen molar-refractivity contribution in [3.63, 3.8) is 0 Å². The van der Waals surface area contributed by atoms with Crippen LogP contribution in [0.1, 0.15) is 48.1 Å². The largest absolute Gasteiger partial charge is 0.462 e. The van der Waals surface area contributed by atoms with Crippen molar-refractivity contribution in [3.05, 3.63) is 58.9 Å². The van der Waals surface area contributed by atoms with Gasteiger partial charge in [-0.05, 0) is 50.5 Å². The Morgan fingerprint density at radius 1 is 1.10 bits per heavy atom. The highest BCUT2D eigenvalue weighted by Gasteiger charge is 2.24. The number of amides is 1. The lowest BCUT2D eigenvalue weighted by Gasteiger charge is -2.12. The Balaban J connectivity index is 1.98. The number of rotatable bonds is 7. The molecule has 0 aliphatic rings. The zero-order chi connectivity index (χ0) is 21.8. The minimum Gasteiger partial charge on any atom is -0.462 e. The highest BCUT2D eigenvalue weighted by molar-refractivity contribution is 5.95. The number of carbonyl (C=O) groups excluding carboxylic acids is 2. The van der Waals surface area contributed by atoms with Crippen LogP contribution >= 0.6 is 0 Å². The molecule has 6 heteroatoms. The van der Waals surface area contributed by atoms with Crippen LogP contribution in [0.5, 0.6) is 0 Å². The minimum atomic E-state index is -0.357. The zero-order valence-electron chi connectivity index (χ0n) is 18.4. The Bertz CT molecular complexity index is 1100. The average Bonchev–Trinajstić information content (AvgIpc) is 2.99. The highest BCUT2D eigenvalue weighted by atomic mass is 16.5. The molecule has 1 amide bonds. The predicted molar refractivity (Wildman–Crippen MR) is 118 cm³/mol. The molecule has 30 heavy (non-hydrogen) atoms. The molecule has 0 radical (unpaired) electrons. The lowest BCUT2D eigenvalue weighted by Crippen LogP contribution is -2.35. The number of imidazole rings is 1. The Labute approximate surface area is 177 Å². The number of carbonyl (C=O) groups is 2. The molecule has 3 rings (SSSR count). The number of anilines is 1. The predicted octanol–water partition coefficient (Wildman–Crippen LogP) is 3.94. The molecule has 1 N–H and O–H groups in total. The summed E-state index contributed by atoms with van der Waals surface area (Å²) in [6.45, 7) is 11.2. The van der Waals surface area contributed by atoms with Gasteiger partial charge in [0.05, 0.1) is 18.7 Å². The first-order valence-electron chi connectivity index (χ1n) is 10.5. The van der Waals surface area contributed by atoms with Crippen LogP contribution in [0.2, 0.25) is 0 Å². The summed E-state index contributed by atoms with van der Waals surface area (Å²) in [4.78, 5) is 25.2. The first-order valence-corrected chi connectivity index (χ1v) is 10.5. The molecule has 0 saturated heterocycles. The fourth-order valence-electron chi connectivity index (χ4n) is 3.93. The van der Waals surface area contributed by atoms with Crippen molar-refractivity contribution in [1.82, 2.24) is 4.57 Å². The van der Waals surface area contributed by atoms with Gasteiger partial charge in [0, 0.05) is 18.7 Å². The van der Waals surface area contributed by atoms with Gasteiger partial charge in [-0.25, -0.2) is 13.9 Å². The number of aryl methyl sites for hydroxylation is 3. The van der Waals surface area contributed by atoms with Crippen LogP contribution in [0.25, 0.3) is 11.0 Å². The van der Waals surface area contributed by atoms with E-state index in [0.29, 0.717) is 12.2 Å². The minimum absolute atomic E-state index is 0.0937. The standard InChI is InChI=1S/C24H29N3O3/c1-6-18-11-9-10-16(4)23(18)25-22(28)15-27-17(5)26(7-2)20-13-12-19(14-21(20)27)24(29)30-8-3/h9-14H,6-8,15H2,1-5H3/p+1. The number of hydrogen-bond acceptors (Lipinski definition) is 3. The maximum Gasteiger partial charge on any atom is 0.338 e. The van der Waals surface area contributed by atoms with Crippen molar-refractivity contribution >= 4 is 28.6 Å². The molecule has 0 spiro atoms. The Hall–Kier alpha value is -3.15. The van der Waals surface area contributed by atoms with Gasteiger partial charge in [0.2, 0.25) is 0 Å². The number of para-hydroxylation sites is 1. The third-order valence-electron chi connectivity index (χ3n) is 5.47. The molecular formula is C24H30N3O3+. The third-order valence-corrected chi connectivity index (χ3v) is 5.47. The summed E-state index contributed by atoms with van der Waals surface area (Å²) < 4.78 is 9.25. The van der Waals surface area contributed by atoms with Gasteiger partial charge in [0.1, 0.15) is 0 Å². The fourth-order valence-corrected chi connectivity index (χ4v) is 3.93. The molecule has 0 fully saturated rings. The molecule has 0 bridgehead atoms. The molecule has 1 heterocycles. The molecule has 0 aliphatic carbocycles. The molecule has 0 saturated carbocycles. The summed E-state index contributed by atoms with van der Waals surface area (Å²) in [6, 6.07) is 11.6. The average molecular weight is 409 g/mol. The summed E-state index contributed by atoms with van der Waals surface area (Å²) >= 11 is 0. The van der Waals surface area contributed by atoms with E-state index in [1.807, 2.05) is 48.7 Å². The first kappa shape index (κ1) is 21.6. The smallest absolute Gasteiger partial charge is 0.338 e. The summed E-state index contributed by atoms with van der Waals surface area (Å²) in [5.74, 6) is 0.512. The van der Waals surface area contributed by atoms with E-state index in [-0.39, 0.29) is 18.4 Å². The van der Waals surface area contributed by atoms with E-state index in [0.717, 1.165) is 46.6 Å². The van der Waals surface area contributed by atoms with Crippen LogP contribution in [0.15, 0.2) is 36.4 Å². The van der Waals surface area contributed by atoms with Crippen LogP contribution in [-0.2, 0) is 29.0 Å². The summed E-state index contributed by atoms with van der Waals surface area (Å²) in [7, 11) is 0. The third kappa shape index (κ3) is 4.08. The molecule has 158 valence electrons. The molecule has 0 atom stereocenters. The van der Waals surface area contributed by atoms with Gasteiger partial charge in [-0.3, -0.25) is 4.79 Å². The molecule has 2 aromatic carbocycles. The number of fused-ring (bicyclic) bond motifs is 1. The van der Waals surface area contributed by atoms with Gasteiger partial charge < -0.3 is 10.1 Å². The maximum atomic E-state index is 13.0. The summed E-state index contributed by atoms with van der Waals surface area (Å²) in [5.41, 5.74) is 5.36. The molecule has 6 nitrogen and oxygen atoms in total. The number of nitrogens with one attached hydrogen (secondary N) is 1. The number of benzene rings is 2. The van der Waals surface area contributed by atoms with E-state index < -0.39 is 0 Å². The van der Waals surface area contributed by atoms with Crippen molar-refractivity contribution in [2.24, 2.45) is 0 Å². The van der Waals surface area contributed by atoms with Gasteiger partial charge in [-0.15, -0.1) is 0 Å². The first-order chi connectivity index (χ1) is 14.4. The quantitative estimate of drug-likeness (QED) is 0.476. The lowest BCUT2D eigenvalue weighted by molar-refractivity contribution is -0.674. The van der Waals surface area contributed by atoms with Crippen molar-refractivity contribution in [2.75, 3.05) is 11.9 Å². The molecule has 0 aliphatic heterocycles. The fraction of sp³-hybridized carbons (Fsp3) is 0.375. The van der Waals surface area contributed by atoms with Gasteiger partial charge >= 0.3 is 5.97 Å². The topological polar surface area (TPSA) is 64.2 Å². The van der Waals surface area contributed by atoms with Gasteiger partial charge in [0.15, 0.2) is 17.6 Å².